The number of allylic oxidation sites excluding steroid dienone is 2. The molecular formula is C8H6F3IO3. The molecule has 1 aliphatic carbocycles. The smallest absolute Gasteiger partial charge is 0.481 e. The molecule has 0 radical (unpaired) electrons. The predicted molar refractivity (Wildman–Crippen MR) is 53.3 cm³/mol. The van der Waals surface area contributed by atoms with Crippen LogP contribution in [0, 0.1) is 5.92 Å². The molecule has 0 aliphatic heterocycles. The van der Waals surface area contributed by atoms with Crippen molar-refractivity contribution in [2.24, 2.45) is 5.92 Å². The first-order chi connectivity index (χ1) is 6.79. The Morgan fingerprint density at radius 1 is 1.53 bits per heavy atom. The Bertz CT molecular complexity index is 322. The van der Waals surface area contributed by atoms with Crippen molar-refractivity contribution >= 4 is 28.6 Å². The third kappa shape index (κ3) is 3.73. The molecule has 0 aromatic rings. The average Bonchev–Trinajstić information content (AvgIpc) is 2.05. The van der Waals surface area contributed by atoms with Crippen LogP contribution >= 0.6 is 22.6 Å². The Balaban J connectivity index is 2.80. The number of alkyl halides is 4. The fourth-order valence-corrected chi connectivity index (χ4v) is 1.76. The van der Waals surface area contributed by atoms with Crippen LogP contribution in [0.5, 0.6) is 0 Å². The lowest BCUT2D eigenvalue weighted by molar-refractivity contribution is -0.303. The Kier molecular flexibility index (Phi) is 3.63. The van der Waals surface area contributed by atoms with E-state index in [1.807, 2.05) is 22.6 Å². The summed E-state index contributed by atoms with van der Waals surface area (Å²) in [4.78, 5) is 10.7. The van der Waals surface area contributed by atoms with Crippen LogP contribution in [-0.4, -0.2) is 21.4 Å². The van der Waals surface area contributed by atoms with E-state index in [-0.39, 0.29) is 3.92 Å². The van der Waals surface area contributed by atoms with Crippen LogP contribution < -0.4 is 0 Å². The Morgan fingerprint density at radius 2 is 2.13 bits per heavy atom. The van der Waals surface area contributed by atoms with E-state index >= 15 is 0 Å². The monoisotopic (exact) mass is 334 g/mol. The normalized spacial score (nSPS) is 26.0. The van der Waals surface area contributed by atoms with Crippen LogP contribution in [-0.2, 0) is 9.53 Å². The number of carbonyl (C=O) groups is 1. The van der Waals surface area contributed by atoms with E-state index in [2.05, 4.69) is 4.74 Å². The molecule has 0 bridgehead atoms. The van der Waals surface area contributed by atoms with Crippen molar-refractivity contribution in [2.75, 3.05) is 0 Å². The molecule has 2 atom stereocenters. The van der Waals surface area contributed by atoms with Crippen molar-refractivity contribution in [3.63, 3.8) is 0 Å². The lowest BCUT2D eigenvalue weighted by Gasteiger charge is -2.19. The minimum Gasteiger partial charge on any atom is -0.481 e. The zero-order valence-electron chi connectivity index (χ0n) is 7.16. The second-order valence-electron chi connectivity index (χ2n) is 2.78. The van der Waals surface area contributed by atoms with Gasteiger partial charge in [0.25, 0.3) is 0 Å². The van der Waals surface area contributed by atoms with Crippen LogP contribution in [0.1, 0.15) is 0 Å². The van der Waals surface area contributed by atoms with E-state index in [0.29, 0.717) is 0 Å². The Hall–Kier alpha value is -0.730. The molecular weight excluding hydrogens is 328 g/mol. The van der Waals surface area contributed by atoms with E-state index < -0.39 is 24.0 Å². The van der Waals surface area contributed by atoms with E-state index in [4.69, 9.17) is 5.11 Å². The van der Waals surface area contributed by atoms with Crippen LogP contribution in [0.25, 0.3) is 0 Å². The van der Waals surface area contributed by atoms with Crippen molar-refractivity contribution in [3.05, 3.63) is 24.0 Å². The van der Waals surface area contributed by atoms with Crippen molar-refractivity contribution in [1.29, 1.82) is 0 Å². The van der Waals surface area contributed by atoms with E-state index in [1.165, 1.54) is 6.08 Å². The van der Waals surface area contributed by atoms with E-state index in [9.17, 15) is 18.0 Å². The molecule has 1 rings (SSSR count). The summed E-state index contributed by atoms with van der Waals surface area (Å²) in [6.45, 7) is 0. The topological polar surface area (TPSA) is 46.5 Å². The maximum Gasteiger partial charge on any atom is 0.573 e. The summed E-state index contributed by atoms with van der Waals surface area (Å²) < 4.78 is 38.7. The SMILES string of the molecule is O=C(O)C1C=C(OC(F)(F)F)C=CC1I. The van der Waals surface area contributed by atoms with Crippen molar-refractivity contribution in [3.8, 4) is 0 Å². The molecule has 2 unspecified atom stereocenters. The molecule has 0 amide bonds. The summed E-state index contributed by atoms with van der Waals surface area (Å²) in [6.07, 6.45) is -1.37. The van der Waals surface area contributed by atoms with Gasteiger partial charge in [-0.2, -0.15) is 0 Å². The third-order valence-electron chi connectivity index (χ3n) is 1.65. The predicted octanol–water partition coefficient (Wildman–Crippen LogP) is 2.48. The van der Waals surface area contributed by atoms with Crippen LogP contribution in [0.4, 0.5) is 13.2 Å². The lowest BCUT2D eigenvalue weighted by Crippen LogP contribution is -2.24. The highest BCUT2D eigenvalue weighted by atomic mass is 127. The van der Waals surface area contributed by atoms with Gasteiger partial charge in [0.2, 0.25) is 0 Å². The van der Waals surface area contributed by atoms with Gasteiger partial charge in [0.15, 0.2) is 0 Å². The lowest BCUT2D eigenvalue weighted by atomic mass is 10.0. The van der Waals surface area contributed by atoms with Gasteiger partial charge in [0.1, 0.15) is 5.76 Å². The molecule has 0 fully saturated rings. The number of rotatable bonds is 2. The number of aliphatic carboxylic acids is 1. The van der Waals surface area contributed by atoms with E-state index in [1.54, 1.807) is 0 Å². The summed E-state index contributed by atoms with van der Waals surface area (Å²) in [5.41, 5.74) is 0. The molecule has 0 saturated heterocycles. The van der Waals surface area contributed by atoms with Gasteiger partial charge in [0.05, 0.1) is 5.92 Å². The molecule has 1 aliphatic rings. The third-order valence-corrected chi connectivity index (χ3v) is 2.84. The molecule has 3 nitrogen and oxygen atoms in total. The van der Waals surface area contributed by atoms with Crippen molar-refractivity contribution < 1.29 is 27.8 Å². The average molecular weight is 334 g/mol. The number of hydrogen-bond donors (Lipinski definition) is 1. The fourth-order valence-electron chi connectivity index (χ4n) is 1.04. The zero-order chi connectivity index (χ0) is 11.6. The molecule has 1 N–H and O–H groups in total. The number of carboxylic acids is 1. The van der Waals surface area contributed by atoms with Gasteiger partial charge in [-0.1, -0.05) is 28.7 Å². The first-order valence-electron chi connectivity index (χ1n) is 3.82. The quantitative estimate of drug-likeness (QED) is 0.623. The summed E-state index contributed by atoms with van der Waals surface area (Å²) in [7, 11) is 0. The summed E-state index contributed by atoms with van der Waals surface area (Å²) in [5.74, 6) is -2.65. The number of halogens is 4. The van der Waals surface area contributed by atoms with Gasteiger partial charge >= 0.3 is 12.3 Å². The molecule has 84 valence electrons. The van der Waals surface area contributed by atoms with Crippen LogP contribution in [0.15, 0.2) is 24.0 Å². The highest BCUT2D eigenvalue weighted by Gasteiger charge is 2.34. The van der Waals surface area contributed by atoms with Crippen molar-refractivity contribution in [1.82, 2.24) is 0 Å². The second kappa shape index (κ2) is 4.42. The molecule has 0 heterocycles. The largest absolute Gasteiger partial charge is 0.573 e. The molecule has 0 spiro atoms. The summed E-state index contributed by atoms with van der Waals surface area (Å²) >= 11 is 1.83. The van der Waals surface area contributed by atoms with Gasteiger partial charge in [-0.15, -0.1) is 13.2 Å². The molecule has 0 aromatic heterocycles. The van der Waals surface area contributed by atoms with Gasteiger partial charge in [-0.05, 0) is 12.2 Å². The van der Waals surface area contributed by atoms with Crippen LogP contribution in [0.3, 0.4) is 0 Å². The zero-order valence-corrected chi connectivity index (χ0v) is 9.32. The maximum absolute atomic E-state index is 11.8. The highest BCUT2D eigenvalue weighted by Crippen LogP contribution is 2.28. The second-order valence-corrected chi connectivity index (χ2v) is 4.22. The fraction of sp³-hybridized carbons (Fsp3) is 0.375. The summed E-state index contributed by atoms with van der Waals surface area (Å²) in [5, 5.41) is 8.70. The summed E-state index contributed by atoms with van der Waals surface area (Å²) in [6, 6.07) is 0. The Morgan fingerprint density at radius 3 is 2.60 bits per heavy atom. The van der Waals surface area contributed by atoms with Gasteiger partial charge in [-0.3, -0.25) is 4.79 Å². The van der Waals surface area contributed by atoms with Crippen LogP contribution in [0.2, 0.25) is 0 Å². The van der Waals surface area contributed by atoms with Gasteiger partial charge in [0, 0.05) is 3.92 Å². The van der Waals surface area contributed by atoms with Gasteiger partial charge in [-0.25, -0.2) is 0 Å². The molecule has 15 heavy (non-hydrogen) atoms. The first-order valence-corrected chi connectivity index (χ1v) is 5.07. The molecule has 0 aromatic carbocycles. The van der Waals surface area contributed by atoms with E-state index in [0.717, 1.165) is 12.2 Å². The van der Waals surface area contributed by atoms with Crippen molar-refractivity contribution in [2.45, 2.75) is 10.3 Å². The Labute approximate surface area is 96.7 Å². The number of ether oxygens (including phenoxy) is 1. The molecule has 0 saturated carbocycles. The standard InChI is InChI=1S/C8H6F3IO3/c9-8(10,11)15-4-1-2-6(12)5(3-4)7(13)14/h1-3,5-6H,(H,13,14). The minimum absolute atomic E-state index is 0.374. The molecule has 7 heteroatoms. The van der Waals surface area contributed by atoms with Gasteiger partial charge < -0.3 is 9.84 Å². The highest BCUT2D eigenvalue weighted by molar-refractivity contribution is 14.1. The first kappa shape index (κ1) is 12.3. The number of carboxylic acid groups (broad SMARTS) is 1. The number of hydrogen-bond acceptors (Lipinski definition) is 2. The maximum atomic E-state index is 11.8. The minimum atomic E-state index is -4.79.